The first-order valence-electron chi connectivity index (χ1n) is 4.73. The fourth-order valence-electron chi connectivity index (χ4n) is 1.25. The van der Waals surface area contributed by atoms with E-state index >= 15 is 0 Å². The molecule has 0 aliphatic rings. The molecule has 16 heavy (non-hydrogen) atoms. The van der Waals surface area contributed by atoms with Gasteiger partial charge in [0, 0.05) is 10.6 Å². The van der Waals surface area contributed by atoms with E-state index in [9.17, 15) is 0 Å². The number of thiazole rings is 1. The van der Waals surface area contributed by atoms with E-state index in [1.807, 2.05) is 6.92 Å². The van der Waals surface area contributed by atoms with Crippen LogP contribution in [-0.4, -0.2) is 4.98 Å². The lowest BCUT2D eigenvalue weighted by molar-refractivity contribution is 0.301. The number of nitrogens with two attached hydrogens (primary N) is 1. The fourth-order valence-corrected chi connectivity index (χ4v) is 2.08. The van der Waals surface area contributed by atoms with Crippen molar-refractivity contribution in [2.75, 3.05) is 5.73 Å². The van der Waals surface area contributed by atoms with E-state index in [0.29, 0.717) is 23.1 Å². The number of aryl methyl sites for hydroxylation is 1. The first-order chi connectivity index (χ1) is 7.66. The zero-order chi connectivity index (χ0) is 11.5. The maximum atomic E-state index is 5.99. The van der Waals surface area contributed by atoms with Gasteiger partial charge in [0.1, 0.15) is 12.4 Å². The molecule has 3 nitrogen and oxygen atoms in total. The van der Waals surface area contributed by atoms with Crippen molar-refractivity contribution >= 4 is 28.6 Å². The number of hydrogen-bond acceptors (Lipinski definition) is 4. The summed E-state index contributed by atoms with van der Waals surface area (Å²) in [6, 6.07) is 5.19. The number of ether oxygens (including phenoxy) is 1. The van der Waals surface area contributed by atoms with Gasteiger partial charge in [-0.3, -0.25) is 0 Å². The lowest BCUT2D eigenvalue weighted by atomic mass is 10.3. The van der Waals surface area contributed by atoms with Gasteiger partial charge in [0.25, 0.3) is 0 Å². The van der Waals surface area contributed by atoms with E-state index in [1.165, 1.54) is 0 Å². The molecule has 0 aliphatic heterocycles. The predicted molar refractivity (Wildman–Crippen MR) is 67.0 cm³/mol. The SMILES string of the molecule is Cc1scnc1COc1ccc(N)cc1Cl. The predicted octanol–water partition coefficient (Wildman–Crippen LogP) is 3.27. The van der Waals surface area contributed by atoms with E-state index < -0.39 is 0 Å². The van der Waals surface area contributed by atoms with Crippen molar-refractivity contribution in [2.45, 2.75) is 13.5 Å². The zero-order valence-electron chi connectivity index (χ0n) is 8.74. The molecule has 1 aromatic heterocycles. The summed E-state index contributed by atoms with van der Waals surface area (Å²) in [5, 5.41) is 0.521. The van der Waals surface area contributed by atoms with Gasteiger partial charge in [0.05, 0.1) is 16.2 Å². The van der Waals surface area contributed by atoms with E-state index in [2.05, 4.69) is 4.98 Å². The van der Waals surface area contributed by atoms with Crippen molar-refractivity contribution in [3.8, 4) is 5.75 Å². The summed E-state index contributed by atoms with van der Waals surface area (Å²) in [4.78, 5) is 5.36. The summed E-state index contributed by atoms with van der Waals surface area (Å²) in [5.41, 5.74) is 8.97. The molecule has 1 heterocycles. The molecule has 0 spiro atoms. The summed E-state index contributed by atoms with van der Waals surface area (Å²) in [6.45, 7) is 2.44. The number of anilines is 1. The summed E-state index contributed by atoms with van der Waals surface area (Å²) in [5.74, 6) is 0.628. The van der Waals surface area contributed by atoms with Crippen LogP contribution >= 0.6 is 22.9 Å². The number of nitrogen functional groups attached to an aromatic ring is 1. The molecule has 0 unspecified atom stereocenters. The number of halogens is 1. The van der Waals surface area contributed by atoms with Gasteiger partial charge in [-0.1, -0.05) is 11.6 Å². The number of rotatable bonds is 3. The normalized spacial score (nSPS) is 10.4. The summed E-state index contributed by atoms with van der Waals surface area (Å²) < 4.78 is 5.57. The Bertz CT molecular complexity index is 498. The maximum Gasteiger partial charge on any atom is 0.138 e. The van der Waals surface area contributed by atoms with Crippen LogP contribution in [0.2, 0.25) is 5.02 Å². The van der Waals surface area contributed by atoms with Gasteiger partial charge in [-0.05, 0) is 25.1 Å². The highest BCUT2D eigenvalue weighted by Crippen LogP contribution is 2.27. The van der Waals surface area contributed by atoms with Crippen LogP contribution in [-0.2, 0) is 6.61 Å². The summed E-state index contributed by atoms with van der Waals surface area (Å²) >= 11 is 7.59. The van der Waals surface area contributed by atoms with Crippen molar-refractivity contribution in [2.24, 2.45) is 0 Å². The molecule has 0 saturated carbocycles. The third kappa shape index (κ3) is 2.46. The molecule has 5 heteroatoms. The van der Waals surface area contributed by atoms with Crippen molar-refractivity contribution in [3.63, 3.8) is 0 Å². The van der Waals surface area contributed by atoms with E-state index in [1.54, 1.807) is 35.0 Å². The minimum absolute atomic E-state index is 0.430. The largest absolute Gasteiger partial charge is 0.486 e. The van der Waals surface area contributed by atoms with Crippen molar-refractivity contribution < 1.29 is 4.74 Å². The summed E-state index contributed by atoms with van der Waals surface area (Å²) in [6.07, 6.45) is 0. The highest BCUT2D eigenvalue weighted by Gasteiger charge is 2.05. The number of aromatic nitrogens is 1. The molecular weight excluding hydrogens is 244 g/mol. The van der Waals surface area contributed by atoms with Crippen LogP contribution in [0, 0.1) is 6.92 Å². The van der Waals surface area contributed by atoms with Crippen LogP contribution in [0.25, 0.3) is 0 Å². The lowest BCUT2D eigenvalue weighted by Gasteiger charge is -2.07. The molecule has 0 saturated heterocycles. The highest BCUT2D eigenvalue weighted by atomic mass is 35.5. The topological polar surface area (TPSA) is 48.1 Å². The fraction of sp³-hybridized carbons (Fsp3) is 0.182. The van der Waals surface area contributed by atoms with Gasteiger partial charge in [0.15, 0.2) is 0 Å². The average molecular weight is 255 g/mol. The zero-order valence-corrected chi connectivity index (χ0v) is 10.3. The Hall–Kier alpha value is -1.26. The lowest BCUT2D eigenvalue weighted by Crippen LogP contribution is -1.98. The summed E-state index contributed by atoms with van der Waals surface area (Å²) in [7, 11) is 0. The van der Waals surface area contributed by atoms with Gasteiger partial charge in [-0.15, -0.1) is 11.3 Å². The molecule has 0 fully saturated rings. The van der Waals surface area contributed by atoms with Crippen LogP contribution in [0.15, 0.2) is 23.7 Å². The van der Waals surface area contributed by atoms with Crippen molar-refractivity contribution in [3.05, 3.63) is 39.3 Å². The van der Waals surface area contributed by atoms with E-state index in [-0.39, 0.29) is 0 Å². The molecule has 84 valence electrons. The van der Waals surface area contributed by atoms with Crippen LogP contribution < -0.4 is 10.5 Å². The second-order valence-electron chi connectivity index (χ2n) is 3.33. The molecule has 2 rings (SSSR count). The third-order valence-electron chi connectivity index (χ3n) is 2.16. The monoisotopic (exact) mass is 254 g/mol. The van der Waals surface area contributed by atoms with E-state index in [4.69, 9.17) is 22.1 Å². The number of nitrogens with zero attached hydrogens (tertiary/aromatic N) is 1. The van der Waals surface area contributed by atoms with Gasteiger partial charge in [-0.2, -0.15) is 0 Å². The molecule has 2 aromatic rings. The van der Waals surface area contributed by atoms with Crippen LogP contribution in [0.3, 0.4) is 0 Å². The van der Waals surface area contributed by atoms with Gasteiger partial charge >= 0.3 is 0 Å². The maximum absolute atomic E-state index is 5.99. The Kier molecular flexibility index (Phi) is 3.31. The van der Waals surface area contributed by atoms with Crippen LogP contribution in [0.1, 0.15) is 10.6 Å². The first-order valence-corrected chi connectivity index (χ1v) is 5.99. The Balaban J connectivity index is 2.08. The second-order valence-corrected chi connectivity index (χ2v) is 4.80. The average Bonchev–Trinajstić information content (AvgIpc) is 2.63. The quantitative estimate of drug-likeness (QED) is 0.856. The molecule has 2 N–H and O–H groups in total. The van der Waals surface area contributed by atoms with Crippen molar-refractivity contribution in [1.82, 2.24) is 4.98 Å². The molecule has 0 radical (unpaired) electrons. The second kappa shape index (κ2) is 4.72. The molecule has 1 aromatic carbocycles. The van der Waals surface area contributed by atoms with Crippen LogP contribution in [0.4, 0.5) is 5.69 Å². The van der Waals surface area contributed by atoms with Gasteiger partial charge < -0.3 is 10.5 Å². The molecule has 0 atom stereocenters. The highest BCUT2D eigenvalue weighted by molar-refractivity contribution is 7.09. The standard InChI is InChI=1S/C11H11ClN2OS/c1-7-10(14-6-16-7)5-15-11-3-2-8(13)4-9(11)12/h2-4,6H,5,13H2,1H3. The smallest absolute Gasteiger partial charge is 0.138 e. The van der Waals surface area contributed by atoms with Gasteiger partial charge in [0.2, 0.25) is 0 Å². The Morgan fingerprint density at radius 3 is 2.94 bits per heavy atom. The number of benzene rings is 1. The minimum Gasteiger partial charge on any atom is -0.486 e. The molecular formula is C11H11ClN2OS. The Morgan fingerprint density at radius 2 is 2.31 bits per heavy atom. The molecule has 0 aliphatic carbocycles. The van der Waals surface area contributed by atoms with E-state index in [0.717, 1.165) is 10.6 Å². The first kappa shape index (κ1) is 11.2. The van der Waals surface area contributed by atoms with Crippen molar-refractivity contribution in [1.29, 1.82) is 0 Å². The number of hydrogen-bond donors (Lipinski definition) is 1. The molecule has 0 amide bonds. The molecule has 0 bridgehead atoms. The Labute approximate surface area is 103 Å². The van der Waals surface area contributed by atoms with Gasteiger partial charge in [-0.25, -0.2) is 4.98 Å². The Morgan fingerprint density at radius 1 is 1.50 bits per heavy atom. The van der Waals surface area contributed by atoms with Crippen LogP contribution in [0.5, 0.6) is 5.75 Å². The third-order valence-corrected chi connectivity index (χ3v) is 3.26. The minimum atomic E-state index is 0.430.